The van der Waals surface area contributed by atoms with E-state index in [9.17, 15) is 9.90 Å². The number of hydrogen-bond donors (Lipinski definition) is 2. The third-order valence-corrected chi connectivity index (χ3v) is 6.06. The van der Waals surface area contributed by atoms with Gasteiger partial charge in [-0.25, -0.2) is 9.97 Å². The van der Waals surface area contributed by atoms with Gasteiger partial charge in [0.2, 0.25) is 5.91 Å². The van der Waals surface area contributed by atoms with Crippen molar-refractivity contribution in [3.8, 4) is 17.0 Å². The van der Waals surface area contributed by atoms with E-state index in [2.05, 4.69) is 23.3 Å². The molecule has 1 atom stereocenters. The van der Waals surface area contributed by atoms with Crippen molar-refractivity contribution in [3.63, 3.8) is 0 Å². The Kier molecular flexibility index (Phi) is 5.92. The Morgan fingerprint density at radius 2 is 2.03 bits per heavy atom. The van der Waals surface area contributed by atoms with Crippen molar-refractivity contribution in [1.82, 2.24) is 20.2 Å². The van der Waals surface area contributed by atoms with Gasteiger partial charge in [0.15, 0.2) is 5.65 Å². The second-order valence-electron chi connectivity index (χ2n) is 8.76. The zero-order valence-electron chi connectivity index (χ0n) is 18.7. The van der Waals surface area contributed by atoms with Gasteiger partial charge in [0.1, 0.15) is 5.75 Å². The molecule has 31 heavy (non-hydrogen) atoms. The number of benzene rings is 1. The molecule has 1 fully saturated rings. The summed E-state index contributed by atoms with van der Waals surface area (Å²) in [7, 11) is 2.14. The molecule has 1 saturated heterocycles. The number of fused-ring (bicyclic) bond motifs is 1. The number of nitrogens with zero attached hydrogens (tertiary/aromatic N) is 3. The number of phenolic OH excluding ortho intramolecular Hbond substituents is 1. The van der Waals surface area contributed by atoms with Crippen molar-refractivity contribution in [3.05, 3.63) is 52.7 Å². The summed E-state index contributed by atoms with van der Waals surface area (Å²) >= 11 is 0. The number of pyridine rings is 2. The van der Waals surface area contributed by atoms with E-state index in [0.29, 0.717) is 23.8 Å². The number of aryl methyl sites for hydroxylation is 2. The van der Waals surface area contributed by atoms with Crippen LogP contribution in [0.1, 0.15) is 48.1 Å². The van der Waals surface area contributed by atoms with Gasteiger partial charge >= 0.3 is 0 Å². The minimum absolute atomic E-state index is 0.0614. The molecule has 0 bridgehead atoms. The molecular weight excluding hydrogens is 388 g/mol. The molecule has 2 N–H and O–H groups in total. The maximum atomic E-state index is 11.5. The summed E-state index contributed by atoms with van der Waals surface area (Å²) in [6, 6.07) is 9.85. The van der Waals surface area contributed by atoms with E-state index in [1.54, 1.807) is 6.07 Å². The van der Waals surface area contributed by atoms with Crippen LogP contribution in [-0.4, -0.2) is 46.0 Å². The first kappa shape index (κ1) is 21.2. The molecule has 1 amide bonds. The van der Waals surface area contributed by atoms with Crippen molar-refractivity contribution >= 4 is 16.9 Å². The topological polar surface area (TPSA) is 78.4 Å². The molecule has 4 rings (SSSR count). The lowest BCUT2D eigenvalue weighted by atomic mass is 9.93. The summed E-state index contributed by atoms with van der Waals surface area (Å²) in [5.74, 6) is 0.515. The highest BCUT2D eigenvalue weighted by Crippen LogP contribution is 2.34. The van der Waals surface area contributed by atoms with E-state index in [1.807, 2.05) is 32.0 Å². The number of piperidine rings is 1. The molecule has 0 radical (unpaired) electrons. The second kappa shape index (κ2) is 8.63. The number of phenols is 1. The van der Waals surface area contributed by atoms with Crippen LogP contribution < -0.4 is 5.32 Å². The lowest BCUT2D eigenvalue weighted by molar-refractivity contribution is -0.119. The van der Waals surface area contributed by atoms with Crippen LogP contribution in [0, 0.1) is 13.8 Å². The first-order valence-electron chi connectivity index (χ1n) is 10.9. The Bertz CT molecular complexity index is 1120. The normalized spacial score (nSPS) is 17.1. The smallest absolute Gasteiger partial charge is 0.217 e. The maximum Gasteiger partial charge on any atom is 0.217 e. The number of carbonyl (C=O) groups is 1. The third-order valence-electron chi connectivity index (χ3n) is 6.06. The molecule has 162 valence electrons. The van der Waals surface area contributed by atoms with Crippen LogP contribution in [0.3, 0.4) is 0 Å². The largest absolute Gasteiger partial charge is 0.507 e. The van der Waals surface area contributed by atoms with Crippen molar-refractivity contribution in [2.45, 2.75) is 46.1 Å². The fourth-order valence-corrected chi connectivity index (χ4v) is 4.60. The summed E-state index contributed by atoms with van der Waals surface area (Å²) in [5.41, 5.74) is 6.13. The average molecular weight is 419 g/mol. The SMILES string of the molecule is CC(=O)NCc1cc(C2CCCN(C)C2)nc2nc(-c3c(C)cc(C)cc3O)ccc12. The number of aromatic nitrogens is 2. The van der Waals surface area contributed by atoms with Gasteiger partial charge in [0.25, 0.3) is 0 Å². The lowest BCUT2D eigenvalue weighted by Gasteiger charge is -2.29. The molecule has 1 aliphatic heterocycles. The first-order chi connectivity index (χ1) is 14.8. The van der Waals surface area contributed by atoms with Gasteiger partial charge in [-0.05, 0) is 81.2 Å². The van der Waals surface area contributed by atoms with Crippen molar-refractivity contribution < 1.29 is 9.90 Å². The number of carbonyl (C=O) groups excluding carboxylic acids is 1. The fraction of sp³-hybridized carbons (Fsp3) is 0.400. The van der Waals surface area contributed by atoms with E-state index in [4.69, 9.17) is 9.97 Å². The number of hydrogen-bond acceptors (Lipinski definition) is 5. The van der Waals surface area contributed by atoms with E-state index >= 15 is 0 Å². The molecule has 0 spiro atoms. The van der Waals surface area contributed by atoms with Crippen LogP contribution in [0.15, 0.2) is 30.3 Å². The molecule has 3 heterocycles. The van der Waals surface area contributed by atoms with Crippen molar-refractivity contribution in [2.24, 2.45) is 0 Å². The molecule has 6 heteroatoms. The van der Waals surface area contributed by atoms with Gasteiger partial charge in [-0.15, -0.1) is 0 Å². The molecule has 2 aromatic heterocycles. The molecule has 3 aromatic rings. The van der Waals surface area contributed by atoms with Crippen LogP contribution in [0.5, 0.6) is 5.75 Å². The number of aromatic hydroxyl groups is 1. The average Bonchev–Trinajstić information content (AvgIpc) is 2.70. The molecule has 1 aliphatic rings. The minimum Gasteiger partial charge on any atom is -0.507 e. The van der Waals surface area contributed by atoms with Gasteiger partial charge in [-0.3, -0.25) is 4.79 Å². The number of likely N-dealkylation sites (tertiary alicyclic amines) is 1. The maximum absolute atomic E-state index is 11.5. The van der Waals surface area contributed by atoms with E-state index in [1.165, 1.54) is 6.92 Å². The van der Waals surface area contributed by atoms with Gasteiger partial charge in [0.05, 0.1) is 5.69 Å². The van der Waals surface area contributed by atoms with Gasteiger partial charge in [-0.1, -0.05) is 6.07 Å². The highest BCUT2D eigenvalue weighted by molar-refractivity contribution is 5.84. The van der Waals surface area contributed by atoms with Crippen LogP contribution in [-0.2, 0) is 11.3 Å². The summed E-state index contributed by atoms with van der Waals surface area (Å²) in [6.45, 7) is 8.00. The molecule has 1 unspecified atom stereocenters. The molecule has 6 nitrogen and oxygen atoms in total. The number of amides is 1. The second-order valence-corrected chi connectivity index (χ2v) is 8.76. The van der Waals surface area contributed by atoms with Crippen LogP contribution in [0.2, 0.25) is 0 Å². The predicted molar refractivity (Wildman–Crippen MR) is 123 cm³/mol. The Morgan fingerprint density at radius 1 is 1.23 bits per heavy atom. The third kappa shape index (κ3) is 4.54. The summed E-state index contributed by atoms with van der Waals surface area (Å²) in [4.78, 5) is 23.7. The van der Waals surface area contributed by atoms with Gasteiger partial charge in [0, 0.05) is 42.6 Å². The standard InChI is InChI=1S/C25H30N4O2/c1-15-10-16(2)24(23(31)11-15)21-8-7-20-19(13-26-17(3)30)12-22(28-25(20)27-21)18-6-5-9-29(4)14-18/h7-8,10-12,18,31H,5-6,9,13-14H2,1-4H3,(H,26,30). The minimum atomic E-state index is -0.0614. The number of likely N-dealkylation sites (N-methyl/N-ethyl adjacent to an activating group) is 1. The first-order valence-corrected chi connectivity index (χ1v) is 10.9. The van der Waals surface area contributed by atoms with Crippen LogP contribution >= 0.6 is 0 Å². The zero-order chi connectivity index (χ0) is 22.1. The monoisotopic (exact) mass is 418 g/mol. The molecular formula is C25H30N4O2. The van der Waals surface area contributed by atoms with E-state index in [-0.39, 0.29) is 11.7 Å². The summed E-state index contributed by atoms with van der Waals surface area (Å²) in [5, 5.41) is 14.4. The van der Waals surface area contributed by atoms with Crippen molar-refractivity contribution in [2.75, 3.05) is 20.1 Å². The number of nitrogens with one attached hydrogen (secondary N) is 1. The summed E-state index contributed by atoms with van der Waals surface area (Å²) < 4.78 is 0. The Morgan fingerprint density at radius 3 is 2.74 bits per heavy atom. The summed E-state index contributed by atoms with van der Waals surface area (Å²) in [6.07, 6.45) is 2.24. The van der Waals surface area contributed by atoms with Crippen LogP contribution in [0.4, 0.5) is 0 Å². The Labute approximate surface area is 183 Å². The quantitative estimate of drug-likeness (QED) is 0.668. The zero-order valence-corrected chi connectivity index (χ0v) is 18.7. The van der Waals surface area contributed by atoms with Crippen molar-refractivity contribution in [1.29, 1.82) is 0 Å². The van der Waals surface area contributed by atoms with E-state index in [0.717, 1.165) is 59.3 Å². The van der Waals surface area contributed by atoms with Gasteiger partial charge in [-0.2, -0.15) is 0 Å². The number of rotatable bonds is 4. The molecule has 0 saturated carbocycles. The molecule has 1 aromatic carbocycles. The van der Waals surface area contributed by atoms with Crippen LogP contribution in [0.25, 0.3) is 22.3 Å². The highest BCUT2D eigenvalue weighted by atomic mass is 16.3. The predicted octanol–water partition coefficient (Wildman–Crippen LogP) is 4.06. The molecule has 0 aliphatic carbocycles. The fourth-order valence-electron chi connectivity index (χ4n) is 4.60. The lowest BCUT2D eigenvalue weighted by Crippen LogP contribution is -2.31. The van der Waals surface area contributed by atoms with E-state index < -0.39 is 0 Å². The highest BCUT2D eigenvalue weighted by Gasteiger charge is 2.22. The van der Waals surface area contributed by atoms with Gasteiger partial charge < -0.3 is 15.3 Å². The Balaban J connectivity index is 1.84. The Hall–Kier alpha value is -2.99.